The van der Waals surface area contributed by atoms with Crippen LogP contribution in [0.5, 0.6) is 5.75 Å². The zero-order valence-electron chi connectivity index (χ0n) is 10.6. The zero-order chi connectivity index (χ0) is 13.5. The summed E-state index contributed by atoms with van der Waals surface area (Å²) < 4.78 is 5.72. The number of hydrogen-bond acceptors (Lipinski definition) is 4. The van der Waals surface area contributed by atoms with Gasteiger partial charge >= 0.3 is 5.97 Å². The molecule has 1 aliphatic heterocycles. The van der Waals surface area contributed by atoms with Crippen LogP contribution in [-0.2, 0) is 0 Å². The van der Waals surface area contributed by atoms with Crippen molar-refractivity contribution in [2.45, 2.75) is 31.6 Å². The Hall–Kier alpha value is -1.59. The topological polar surface area (TPSA) is 78.8 Å². The molecule has 1 aliphatic rings. The van der Waals surface area contributed by atoms with Gasteiger partial charge in [0.1, 0.15) is 17.5 Å². The van der Waals surface area contributed by atoms with Crippen LogP contribution in [-0.4, -0.2) is 34.9 Å². The number of rotatable bonds is 2. The van der Waals surface area contributed by atoms with Gasteiger partial charge in [-0.2, -0.15) is 0 Å². The van der Waals surface area contributed by atoms with E-state index in [1.165, 1.54) is 12.1 Å². The summed E-state index contributed by atoms with van der Waals surface area (Å²) in [6.07, 6.45) is -0.751. The molecule has 0 spiro atoms. The van der Waals surface area contributed by atoms with Crippen molar-refractivity contribution in [2.24, 2.45) is 0 Å². The molecule has 0 aromatic heterocycles. The molecule has 5 nitrogen and oxygen atoms in total. The van der Waals surface area contributed by atoms with Gasteiger partial charge in [0.25, 0.3) is 0 Å². The average Bonchev–Trinajstić information content (AvgIpc) is 2.30. The maximum absolute atomic E-state index is 11.0. The largest absolute Gasteiger partial charge is 0.485 e. The number of ether oxygens (including phenoxy) is 1. The van der Waals surface area contributed by atoms with E-state index in [9.17, 15) is 9.90 Å². The second kappa shape index (κ2) is 4.26. The number of fused-ring (bicyclic) bond motifs is 1. The molecular formula is C13H17NO4. The second-order valence-electron chi connectivity index (χ2n) is 4.97. The van der Waals surface area contributed by atoms with E-state index in [-0.39, 0.29) is 11.6 Å². The number of carboxylic acid groups (broad SMARTS) is 1. The molecule has 1 aromatic carbocycles. The smallest absolute Gasteiger partial charge is 0.335 e. The highest BCUT2D eigenvalue weighted by molar-refractivity contribution is 5.88. The fraction of sp³-hybridized carbons (Fsp3) is 0.462. The molecule has 1 unspecified atom stereocenters. The quantitative estimate of drug-likeness (QED) is 0.735. The number of carbonyl (C=O) groups is 1. The number of aliphatic hydroxyl groups is 1. The third-order valence-electron chi connectivity index (χ3n) is 3.30. The Labute approximate surface area is 105 Å². The van der Waals surface area contributed by atoms with E-state index in [4.69, 9.17) is 9.84 Å². The summed E-state index contributed by atoms with van der Waals surface area (Å²) in [5, 5.41) is 22.2. The summed E-state index contributed by atoms with van der Waals surface area (Å²) >= 11 is 0. The maximum atomic E-state index is 11.0. The van der Waals surface area contributed by atoms with Gasteiger partial charge in [0, 0.05) is 5.56 Å². The fourth-order valence-corrected chi connectivity index (χ4v) is 2.25. The van der Waals surface area contributed by atoms with Gasteiger partial charge in [-0.25, -0.2) is 4.79 Å². The summed E-state index contributed by atoms with van der Waals surface area (Å²) in [6, 6.07) is 4.33. The van der Waals surface area contributed by atoms with Gasteiger partial charge in [0.15, 0.2) is 0 Å². The van der Waals surface area contributed by atoms with Crippen LogP contribution < -0.4 is 10.1 Å². The lowest BCUT2D eigenvalue weighted by atomic mass is 9.86. The van der Waals surface area contributed by atoms with E-state index in [1.807, 2.05) is 0 Å². The number of hydrogen-bond donors (Lipinski definition) is 3. The molecule has 0 amide bonds. The summed E-state index contributed by atoms with van der Waals surface area (Å²) in [5.41, 5.74) is 0.138. The minimum Gasteiger partial charge on any atom is -0.485 e. The minimum absolute atomic E-state index is 0.185. The van der Waals surface area contributed by atoms with Gasteiger partial charge in [-0.3, -0.25) is 0 Å². The highest BCUT2D eigenvalue weighted by Crippen LogP contribution is 2.39. The summed E-state index contributed by atoms with van der Waals surface area (Å²) in [7, 11) is 1.73. The molecule has 0 fully saturated rings. The maximum Gasteiger partial charge on any atom is 0.335 e. The van der Waals surface area contributed by atoms with Gasteiger partial charge in [-0.15, -0.1) is 0 Å². The number of benzene rings is 1. The first-order valence-corrected chi connectivity index (χ1v) is 5.78. The molecule has 0 radical (unpaired) electrons. The highest BCUT2D eigenvalue weighted by Gasteiger charge is 2.42. The van der Waals surface area contributed by atoms with E-state index in [1.54, 1.807) is 27.0 Å². The Balaban J connectivity index is 2.53. The van der Waals surface area contributed by atoms with Crippen LogP contribution in [0.4, 0.5) is 0 Å². The van der Waals surface area contributed by atoms with Crippen LogP contribution in [0.15, 0.2) is 18.2 Å². The third kappa shape index (κ3) is 1.95. The van der Waals surface area contributed by atoms with E-state index in [2.05, 4.69) is 5.32 Å². The third-order valence-corrected chi connectivity index (χ3v) is 3.30. The lowest BCUT2D eigenvalue weighted by Crippen LogP contribution is -2.52. The van der Waals surface area contributed by atoms with Crippen LogP contribution in [0.3, 0.4) is 0 Å². The van der Waals surface area contributed by atoms with Crippen LogP contribution in [0.25, 0.3) is 0 Å². The van der Waals surface area contributed by atoms with E-state index < -0.39 is 17.7 Å². The Morgan fingerprint density at radius 3 is 2.67 bits per heavy atom. The minimum atomic E-state index is -0.994. The monoisotopic (exact) mass is 251 g/mol. The lowest BCUT2D eigenvalue weighted by Gasteiger charge is -2.42. The molecule has 3 N–H and O–H groups in total. The van der Waals surface area contributed by atoms with E-state index >= 15 is 0 Å². The Morgan fingerprint density at radius 2 is 2.11 bits per heavy atom. The first-order chi connectivity index (χ1) is 8.36. The number of aromatic carboxylic acids is 1. The van der Waals surface area contributed by atoms with Gasteiger partial charge in [-0.05, 0) is 39.1 Å². The van der Waals surface area contributed by atoms with Crippen LogP contribution in [0, 0.1) is 0 Å². The molecule has 5 heteroatoms. The zero-order valence-corrected chi connectivity index (χ0v) is 10.6. The molecule has 0 saturated carbocycles. The van der Waals surface area contributed by atoms with Gasteiger partial charge < -0.3 is 20.3 Å². The first-order valence-electron chi connectivity index (χ1n) is 5.78. The predicted octanol–water partition coefficient (Wildman–Crippen LogP) is 1.18. The molecule has 18 heavy (non-hydrogen) atoms. The van der Waals surface area contributed by atoms with Crippen molar-refractivity contribution in [3.05, 3.63) is 29.3 Å². The molecule has 1 heterocycles. The fourth-order valence-electron chi connectivity index (χ4n) is 2.25. The van der Waals surface area contributed by atoms with Crippen molar-refractivity contribution in [2.75, 3.05) is 7.05 Å². The standard InChI is InChI=1S/C13H17NO4/c1-13(2)11(15)10(14-3)8-6-7(12(16)17)4-5-9(8)18-13/h4-6,10-11,14-15H,1-3H3,(H,16,17)/t10?,11-/m0/s1. The number of nitrogens with one attached hydrogen (secondary N) is 1. The Morgan fingerprint density at radius 1 is 1.44 bits per heavy atom. The van der Waals surface area contributed by atoms with Gasteiger partial charge in [0.2, 0.25) is 0 Å². The number of likely N-dealkylation sites (N-methyl/N-ethyl adjacent to an activating group) is 1. The summed E-state index contributed by atoms with van der Waals surface area (Å²) in [5.74, 6) is -0.387. The van der Waals surface area contributed by atoms with Crippen molar-refractivity contribution in [3.8, 4) is 5.75 Å². The molecular weight excluding hydrogens is 234 g/mol. The molecule has 0 bridgehead atoms. The molecule has 0 saturated heterocycles. The van der Waals surface area contributed by atoms with Crippen molar-refractivity contribution in [1.29, 1.82) is 0 Å². The number of aliphatic hydroxyl groups excluding tert-OH is 1. The van der Waals surface area contributed by atoms with Crippen molar-refractivity contribution in [1.82, 2.24) is 5.32 Å². The first kappa shape index (κ1) is 12.9. The van der Waals surface area contributed by atoms with E-state index in [0.717, 1.165) is 0 Å². The van der Waals surface area contributed by atoms with Crippen LogP contribution in [0.2, 0.25) is 0 Å². The summed E-state index contributed by atoms with van der Waals surface area (Å²) in [4.78, 5) is 11.0. The van der Waals surface area contributed by atoms with Crippen molar-refractivity contribution < 1.29 is 19.7 Å². The highest BCUT2D eigenvalue weighted by atomic mass is 16.5. The normalized spacial score (nSPS) is 25.1. The Bertz CT molecular complexity index is 484. The van der Waals surface area contributed by atoms with Crippen molar-refractivity contribution in [3.63, 3.8) is 0 Å². The average molecular weight is 251 g/mol. The number of carboxylic acids is 1. The van der Waals surface area contributed by atoms with E-state index in [0.29, 0.717) is 11.3 Å². The molecule has 2 rings (SSSR count). The predicted molar refractivity (Wildman–Crippen MR) is 65.9 cm³/mol. The molecule has 2 atom stereocenters. The van der Waals surface area contributed by atoms with Gasteiger partial charge in [-0.1, -0.05) is 0 Å². The Kier molecular flexibility index (Phi) is 3.04. The van der Waals surface area contributed by atoms with Crippen LogP contribution >= 0.6 is 0 Å². The van der Waals surface area contributed by atoms with Crippen molar-refractivity contribution >= 4 is 5.97 Å². The SMILES string of the molecule is CNC1c2cc(C(=O)O)ccc2OC(C)(C)[C@H]1O. The molecule has 0 aliphatic carbocycles. The van der Waals surface area contributed by atoms with Gasteiger partial charge in [0.05, 0.1) is 11.6 Å². The molecule has 98 valence electrons. The second-order valence-corrected chi connectivity index (χ2v) is 4.97. The summed E-state index contributed by atoms with van der Waals surface area (Å²) in [6.45, 7) is 3.60. The lowest BCUT2D eigenvalue weighted by molar-refractivity contribution is -0.0632. The van der Waals surface area contributed by atoms with Crippen LogP contribution in [0.1, 0.15) is 35.8 Å². The molecule has 1 aromatic rings.